The molecule has 4 amide bonds. The topological polar surface area (TPSA) is 224 Å². The fourth-order valence-electron chi connectivity index (χ4n) is 6.78. The highest BCUT2D eigenvalue weighted by atomic mass is 32.1. The molecular formula is C41H51N9O5SSi. The number of thiazole rings is 1. The first-order valence-electron chi connectivity index (χ1n) is 19.0. The van der Waals surface area contributed by atoms with Gasteiger partial charge >= 0.3 is 0 Å². The molecule has 0 aliphatic carbocycles. The van der Waals surface area contributed by atoms with Crippen LogP contribution in [0.5, 0.6) is 0 Å². The molecule has 300 valence electrons. The van der Waals surface area contributed by atoms with Crippen molar-refractivity contribution < 1.29 is 24.0 Å². The number of rotatable bonds is 19. The van der Waals surface area contributed by atoms with E-state index in [1.807, 2.05) is 98.9 Å². The highest BCUT2D eigenvalue weighted by molar-refractivity contribution is 7.20. The van der Waals surface area contributed by atoms with Crippen LogP contribution in [0.25, 0.3) is 21.1 Å². The maximum absolute atomic E-state index is 14.3. The Morgan fingerprint density at radius 3 is 2.26 bits per heavy atom. The minimum atomic E-state index is -1.29. The number of fused-ring (bicyclic) bond motifs is 2. The van der Waals surface area contributed by atoms with Crippen molar-refractivity contribution in [1.82, 2.24) is 36.6 Å². The molecule has 4 atom stereocenters. The Bertz CT molecular complexity index is 2190. The standard InChI is InChI=1S/C41H51N9O5SSi/c1-24(2)20-32(49-39(55)41(57,50-25(3)51)22-27-23-45-29-15-8-7-14-28(27)29)36(53)47-33(21-26-12-5-4-6-13-26)37(54)46-31(17-11-19-44-40(42)43)35(52)38-48-30-16-9-10-18-34(30)56-38/h4-10,12-16,18,23-24,31-33,45H,11,17,19-22H2,1-3,57H3,(H,46,54)(H,47,53)(H,49,55)(H,50,51)(H4,42,43,44)/t31-,32-,33?,41?/m0/s1. The van der Waals surface area contributed by atoms with Crippen LogP contribution in [0.15, 0.2) is 85.1 Å². The number of Topliss-reactive ketones (excluding diaryl/α,β-unsaturated/α-hetero) is 1. The minimum absolute atomic E-state index is 0.0280. The van der Waals surface area contributed by atoms with Crippen LogP contribution in [0.1, 0.15) is 61.0 Å². The zero-order chi connectivity index (χ0) is 41.1. The summed E-state index contributed by atoms with van der Waals surface area (Å²) >= 11 is 1.23. The average Bonchev–Trinajstić information content (AvgIpc) is 3.79. The molecular weight excluding hydrogens is 759 g/mol. The molecule has 0 fully saturated rings. The predicted molar refractivity (Wildman–Crippen MR) is 227 cm³/mol. The first-order chi connectivity index (χ1) is 27.2. The number of benzene rings is 3. The van der Waals surface area contributed by atoms with Crippen LogP contribution in [0.3, 0.4) is 0 Å². The van der Waals surface area contributed by atoms with Crippen LogP contribution < -0.4 is 32.3 Å². The minimum Gasteiger partial charge on any atom is -0.370 e. The highest BCUT2D eigenvalue weighted by Gasteiger charge is 2.38. The first-order valence-corrected chi connectivity index (χ1v) is 20.8. The molecule has 57 heavy (non-hydrogen) atoms. The van der Waals surface area contributed by atoms with Gasteiger partial charge in [0.25, 0.3) is 0 Å². The molecule has 0 saturated carbocycles. The molecule has 2 heterocycles. The average molecular weight is 810 g/mol. The summed E-state index contributed by atoms with van der Waals surface area (Å²) < 4.78 is 0.829. The lowest BCUT2D eigenvalue weighted by Gasteiger charge is -2.32. The normalized spacial score (nSPS) is 14.0. The summed E-state index contributed by atoms with van der Waals surface area (Å²) in [4.78, 5) is 77.0. The Morgan fingerprint density at radius 2 is 1.56 bits per heavy atom. The van der Waals surface area contributed by atoms with E-state index in [2.05, 4.69) is 36.6 Å². The maximum atomic E-state index is 14.3. The van der Waals surface area contributed by atoms with E-state index < -0.39 is 41.0 Å². The Morgan fingerprint density at radius 1 is 0.895 bits per heavy atom. The second-order valence-electron chi connectivity index (χ2n) is 14.9. The van der Waals surface area contributed by atoms with E-state index in [1.54, 1.807) is 0 Å². The van der Waals surface area contributed by atoms with Crippen molar-refractivity contribution in [2.75, 3.05) is 6.54 Å². The number of carbonyl (C=O) groups excluding carboxylic acids is 5. The number of aromatic amines is 1. The van der Waals surface area contributed by atoms with Crippen molar-refractivity contribution in [3.05, 3.63) is 101 Å². The number of carbonyl (C=O) groups is 5. The lowest BCUT2D eigenvalue weighted by atomic mass is 9.99. The molecule has 0 aliphatic rings. The van der Waals surface area contributed by atoms with Gasteiger partial charge in [0.15, 0.2) is 11.0 Å². The number of guanidine groups is 1. The van der Waals surface area contributed by atoms with Crippen molar-refractivity contribution >= 4 is 78.1 Å². The predicted octanol–water partition coefficient (Wildman–Crippen LogP) is 2.41. The van der Waals surface area contributed by atoms with Gasteiger partial charge in [-0.15, -0.1) is 11.3 Å². The summed E-state index contributed by atoms with van der Waals surface area (Å²) in [6, 6.07) is 21.1. The van der Waals surface area contributed by atoms with E-state index in [4.69, 9.17) is 11.1 Å². The summed E-state index contributed by atoms with van der Waals surface area (Å²) in [5.74, 6) is -2.66. The van der Waals surface area contributed by atoms with Crippen LogP contribution in [0.4, 0.5) is 0 Å². The van der Waals surface area contributed by atoms with Gasteiger partial charge in [0.05, 0.1) is 16.3 Å². The van der Waals surface area contributed by atoms with Gasteiger partial charge in [0.1, 0.15) is 17.2 Å². The zero-order valence-corrected chi connectivity index (χ0v) is 35.4. The second-order valence-corrected chi connectivity index (χ2v) is 17.6. The molecule has 0 bridgehead atoms. The number of amides is 4. The van der Waals surface area contributed by atoms with Gasteiger partial charge in [0, 0.05) is 53.7 Å². The quantitative estimate of drug-likeness (QED) is 0.0203. The molecule has 16 heteroatoms. The Kier molecular flexibility index (Phi) is 14.3. The number of aromatic nitrogens is 2. The molecule has 3 aromatic carbocycles. The number of hydrogen-bond donors (Lipinski definition) is 8. The molecule has 0 aliphatic heterocycles. The van der Waals surface area contributed by atoms with Gasteiger partial charge in [-0.05, 0) is 54.5 Å². The van der Waals surface area contributed by atoms with E-state index in [9.17, 15) is 24.0 Å². The second kappa shape index (κ2) is 19.3. The molecule has 9 N–H and O–H groups in total. The lowest BCUT2D eigenvalue weighted by molar-refractivity contribution is -0.134. The van der Waals surface area contributed by atoms with E-state index in [0.29, 0.717) is 18.5 Å². The number of H-pyrrole nitrogens is 1. The largest absolute Gasteiger partial charge is 0.370 e. The van der Waals surface area contributed by atoms with E-state index >= 15 is 0 Å². The van der Waals surface area contributed by atoms with Gasteiger partial charge in [-0.25, -0.2) is 4.98 Å². The number of para-hydroxylation sites is 2. The Balaban J connectivity index is 1.39. The number of hydrogen-bond acceptors (Lipinski definition) is 8. The molecule has 0 saturated heterocycles. The van der Waals surface area contributed by atoms with E-state index in [1.165, 1.54) is 18.3 Å². The molecule has 0 radical (unpaired) electrons. The van der Waals surface area contributed by atoms with Gasteiger partial charge < -0.3 is 37.3 Å². The third kappa shape index (κ3) is 11.6. The van der Waals surface area contributed by atoms with Crippen molar-refractivity contribution in [3.63, 3.8) is 0 Å². The molecule has 0 spiro atoms. The molecule has 14 nitrogen and oxygen atoms in total. The summed E-state index contributed by atoms with van der Waals surface area (Å²) in [6.45, 7) is 5.51. The Hall–Kier alpha value is -5.87. The van der Waals surface area contributed by atoms with Crippen LogP contribution >= 0.6 is 11.3 Å². The van der Waals surface area contributed by atoms with Gasteiger partial charge in [-0.3, -0.25) is 29.4 Å². The third-order valence-corrected chi connectivity index (χ3v) is 11.6. The van der Waals surface area contributed by atoms with Gasteiger partial charge in [-0.1, -0.05) is 74.5 Å². The first kappa shape index (κ1) is 42.3. The third-order valence-electron chi connectivity index (χ3n) is 9.54. The monoisotopic (exact) mass is 809 g/mol. The summed E-state index contributed by atoms with van der Waals surface area (Å²) in [5.41, 5.74) is 8.65. The SMILES string of the molecule is CC(=O)NC([SiH3])(Cc1c[nH]c2ccccc12)C(=O)N[C@@H](CC(C)C)C(=O)NC(Cc1ccccc1)C(=O)N[C@@H](CCCNC(=N)N)C(=O)c1nc2ccccc2s1. The molecule has 5 aromatic rings. The van der Waals surface area contributed by atoms with Gasteiger partial charge in [0.2, 0.25) is 29.4 Å². The van der Waals surface area contributed by atoms with Crippen LogP contribution in [0, 0.1) is 11.3 Å². The maximum Gasteiger partial charge on any atom is 0.243 e. The number of nitrogens with one attached hydrogen (secondary N) is 7. The highest BCUT2D eigenvalue weighted by Crippen LogP contribution is 2.24. The van der Waals surface area contributed by atoms with Crippen LogP contribution in [-0.4, -0.2) is 85.4 Å². The van der Waals surface area contributed by atoms with E-state index in [-0.39, 0.29) is 64.5 Å². The Labute approximate surface area is 338 Å². The van der Waals surface area contributed by atoms with Crippen molar-refractivity contribution in [3.8, 4) is 0 Å². The smallest absolute Gasteiger partial charge is 0.243 e. The number of nitrogens with zero attached hydrogens (tertiary/aromatic N) is 1. The molecule has 2 unspecified atom stereocenters. The zero-order valence-electron chi connectivity index (χ0n) is 32.6. The summed E-state index contributed by atoms with van der Waals surface area (Å²) in [7, 11) is 0.220. The number of ketones is 1. The van der Waals surface area contributed by atoms with Crippen molar-refractivity contribution in [1.29, 1.82) is 5.41 Å². The summed E-state index contributed by atoms with van der Waals surface area (Å²) in [5, 5.41) is 21.7. The van der Waals surface area contributed by atoms with E-state index in [0.717, 1.165) is 26.7 Å². The van der Waals surface area contributed by atoms with Crippen molar-refractivity contribution in [2.24, 2.45) is 11.7 Å². The lowest BCUT2D eigenvalue weighted by Crippen LogP contribution is -2.64. The summed E-state index contributed by atoms with van der Waals surface area (Å²) in [6.07, 6.45) is 2.99. The fraction of sp³-hybridized carbons (Fsp3) is 0.341. The van der Waals surface area contributed by atoms with Crippen LogP contribution in [-0.2, 0) is 32.0 Å². The molecule has 2 aromatic heterocycles. The van der Waals surface area contributed by atoms with Crippen molar-refractivity contribution in [2.45, 2.75) is 76.2 Å². The molecule has 5 rings (SSSR count). The van der Waals surface area contributed by atoms with Crippen LogP contribution in [0.2, 0.25) is 0 Å². The number of nitrogens with two attached hydrogens (primary N) is 1. The fourth-order valence-corrected chi connectivity index (χ4v) is 8.61. The van der Waals surface area contributed by atoms with Gasteiger partial charge in [-0.2, -0.15) is 0 Å².